The molecule has 0 fully saturated rings. The van der Waals surface area contributed by atoms with E-state index >= 15 is 0 Å². The summed E-state index contributed by atoms with van der Waals surface area (Å²) in [5.41, 5.74) is 0.747. The average molecular weight is 403 g/mol. The van der Waals surface area contributed by atoms with Gasteiger partial charge in [-0.25, -0.2) is 9.78 Å². The van der Waals surface area contributed by atoms with Crippen LogP contribution in [-0.2, 0) is 9.53 Å². The van der Waals surface area contributed by atoms with Crippen LogP contribution >= 0.6 is 11.6 Å². The molecule has 0 saturated carbocycles. The topological polar surface area (TPSA) is 90.5 Å². The molecule has 28 heavy (non-hydrogen) atoms. The number of ether oxygens (including phenoxy) is 3. The van der Waals surface area contributed by atoms with Crippen LogP contribution in [0.3, 0.4) is 0 Å². The van der Waals surface area contributed by atoms with Crippen molar-refractivity contribution in [1.29, 1.82) is 0 Å². The van der Waals surface area contributed by atoms with Crippen LogP contribution in [0.4, 0.5) is 0 Å². The van der Waals surface area contributed by atoms with Crippen molar-refractivity contribution in [3.8, 4) is 22.9 Å². The highest BCUT2D eigenvalue weighted by molar-refractivity contribution is 6.33. The van der Waals surface area contributed by atoms with Crippen molar-refractivity contribution in [2.24, 2.45) is 0 Å². The molecule has 0 amide bonds. The Morgan fingerprint density at radius 3 is 2.71 bits per heavy atom. The summed E-state index contributed by atoms with van der Waals surface area (Å²) in [7, 11) is 1.46. The zero-order valence-corrected chi connectivity index (χ0v) is 16.4. The van der Waals surface area contributed by atoms with Crippen LogP contribution in [0, 0.1) is 0 Å². The fourth-order valence-corrected chi connectivity index (χ4v) is 2.92. The number of esters is 1. The van der Waals surface area contributed by atoms with Gasteiger partial charge in [-0.3, -0.25) is 4.79 Å². The lowest BCUT2D eigenvalue weighted by Crippen LogP contribution is -2.26. The molecule has 0 radical (unpaired) electrons. The number of methoxy groups -OCH3 is 1. The van der Waals surface area contributed by atoms with Crippen LogP contribution < -0.4 is 15.0 Å². The normalized spacial score (nSPS) is 11.9. The Hall–Kier alpha value is -3.06. The fourth-order valence-electron chi connectivity index (χ4n) is 2.68. The summed E-state index contributed by atoms with van der Waals surface area (Å²) < 4.78 is 15.9. The van der Waals surface area contributed by atoms with Crippen LogP contribution in [-0.4, -0.2) is 35.8 Å². The first-order valence-electron chi connectivity index (χ1n) is 8.64. The molecule has 1 unspecified atom stereocenters. The number of nitrogens with zero attached hydrogens (tertiary/aromatic N) is 1. The van der Waals surface area contributed by atoms with Crippen LogP contribution in [0.1, 0.15) is 13.8 Å². The minimum absolute atomic E-state index is 0.254. The van der Waals surface area contributed by atoms with Gasteiger partial charge in [-0.15, -0.1) is 0 Å². The van der Waals surface area contributed by atoms with E-state index in [9.17, 15) is 9.59 Å². The lowest BCUT2D eigenvalue weighted by Gasteiger charge is -2.17. The molecule has 0 aliphatic carbocycles. The Bertz CT molecular complexity index is 1080. The number of hydrogen-bond acceptors (Lipinski definition) is 6. The van der Waals surface area contributed by atoms with E-state index in [0.717, 1.165) is 0 Å². The molecular weight excluding hydrogens is 384 g/mol. The van der Waals surface area contributed by atoms with Gasteiger partial charge in [0.25, 0.3) is 5.56 Å². The Labute approximate surface area is 166 Å². The summed E-state index contributed by atoms with van der Waals surface area (Å²) in [6.45, 7) is 3.54. The Morgan fingerprint density at radius 1 is 1.25 bits per heavy atom. The van der Waals surface area contributed by atoms with Crippen molar-refractivity contribution in [1.82, 2.24) is 9.97 Å². The highest BCUT2D eigenvalue weighted by Crippen LogP contribution is 2.38. The van der Waals surface area contributed by atoms with Gasteiger partial charge in [0.2, 0.25) is 0 Å². The predicted octanol–water partition coefficient (Wildman–Crippen LogP) is 3.58. The molecule has 8 heteroatoms. The van der Waals surface area contributed by atoms with Gasteiger partial charge in [0.05, 0.1) is 29.6 Å². The van der Waals surface area contributed by atoms with Crippen molar-refractivity contribution in [2.75, 3.05) is 13.7 Å². The van der Waals surface area contributed by atoms with E-state index in [2.05, 4.69) is 9.97 Å². The zero-order chi connectivity index (χ0) is 20.3. The first kappa shape index (κ1) is 19.7. The summed E-state index contributed by atoms with van der Waals surface area (Å²) in [6, 6.07) is 10.1. The Kier molecular flexibility index (Phi) is 5.84. The van der Waals surface area contributed by atoms with Gasteiger partial charge < -0.3 is 19.2 Å². The molecule has 0 aliphatic rings. The highest BCUT2D eigenvalue weighted by Gasteiger charge is 2.20. The summed E-state index contributed by atoms with van der Waals surface area (Å²) in [4.78, 5) is 31.4. The molecule has 146 valence electrons. The number of aromatic nitrogens is 2. The minimum atomic E-state index is -0.839. The van der Waals surface area contributed by atoms with Crippen molar-refractivity contribution < 1.29 is 19.0 Å². The number of hydrogen-bond donors (Lipinski definition) is 1. The molecule has 0 saturated heterocycles. The maximum atomic E-state index is 12.3. The third kappa shape index (κ3) is 3.94. The molecule has 3 rings (SSSR count). The van der Waals surface area contributed by atoms with Crippen LogP contribution in [0.15, 0.2) is 41.2 Å². The molecule has 1 N–H and O–H groups in total. The third-order valence-corrected chi connectivity index (χ3v) is 4.36. The molecule has 1 heterocycles. The average Bonchev–Trinajstić information content (AvgIpc) is 2.68. The van der Waals surface area contributed by atoms with Crippen LogP contribution in [0.25, 0.3) is 22.3 Å². The van der Waals surface area contributed by atoms with Crippen molar-refractivity contribution >= 4 is 28.5 Å². The number of carbonyl (C=O) groups is 1. The number of carbonyl (C=O) groups excluding carboxylic acids is 1. The van der Waals surface area contributed by atoms with Gasteiger partial charge in [-0.05, 0) is 32.0 Å². The number of benzene rings is 2. The largest absolute Gasteiger partial charge is 0.493 e. The van der Waals surface area contributed by atoms with E-state index in [-0.39, 0.29) is 22.9 Å². The maximum absolute atomic E-state index is 12.3. The molecule has 0 bridgehead atoms. The van der Waals surface area contributed by atoms with E-state index < -0.39 is 12.1 Å². The number of fused-ring (bicyclic) bond motifs is 1. The van der Waals surface area contributed by atoms with Crippen molar-refractivity contribution in [2.45, 2.75) is 20.0 Å². The second kappa shape index (κ2) is 8.31. The number of rotatable bonds is 6. The zero-order valence-electron chi connectivity index (χ0n) is 15.6. The van der Waals surface area contributed by atoms with E-state index in [4.69, 9.17) is 25.8 Å². The number of H-pyrrole nitrogens is 1. The lowest BCUT2D eigenvalue weighted by molar-refractivity contribution is -0.150. The second-order valence-corrected chi connectivity index (χ2v) is 6.33. The van der Waals surface area contributed by atoms with Gasteiger partial charge in [0.1, 0.15) is 5.82 Å². The molecular formula is C20H19ClN2O5. The van der Waals surface area contributed by atoms with E-state index in [0.29, 0.717) is 28.0 Å². The van der Waals surface area contributed by atoms with E-state index in [1.165, 1.54) is 13.2 Å². The summed E-state index contributed by atoms with van der Waals surface area (Å²) >= 11 is 6.41. The monoisotopic (exact) mass is 402 g/mol. The fraction of sp³-hybridized carbons (Fsp3) is 0.250. The Balaban J connectivity index is 2.02. The summed E-state index contributed by atoms with van der Waals surface area (Å²) in [5.74, 6) is 0.425. The number of aromatic amines is 1. The van der Waals surface area contributed by atoms with Gasteiger partial charge in [0, 0.05) is 11.6 Å². The first-order chi connectivity index (χ1) is 13.4. The van der Waals surface area contributed by atoms with Gasteiger partial charge in [0.15, 0.2) is 17.6 Å². The second-order valence-electron chi connectivity index (χ2n) is 5.93. The lowest BCUT2D eigenvalue weighted by atomic mass is 10.1. The van der Waals surface area contributed by atoms with Crippen molar-refractivity contribution in [3.05, 3.63) is 51.8 Å². The summed E-state index contributed by atoms with van der Waals surface area (Å²) in [5, 5.41) is 0.767. The minimum Gasteiger partial charge on any atom is -0.493 e. The van der Waals surface area contributed by atoms with Gasteiger partial charge in [-0.1, -0.05) is 23.7 Å². The van der Waals surface area contributed by atoms with E-state index in [1.807, 2.05) is 0 Å². The third-order valence-electron chi connectivity index (χ3n) is 4.04. The smallest absolute Gasteiger partial charge is 0.347 e. The molecule has 3 aromatic rings. The number of halogens is 1. The first-order valence-corrected chi connectivity index (χ1v) is 9.02. The molecule has 2 aromatic carbocycles. The number of para-hydroxylation sites is 1. The molecule has 1 atom stereocenters. The predicted molar refractivity (Wildman–Crippen MR) is 106 cm³/mol. The van der Waals surface area contributed by atoms with Gasteiger partial charge in [-0.2, -0.15) is 0 Å². The van der Waals surface area contributed by atoms with Crippen LogP contribution in [0.5, 0.6) is 11.5 Å². The SMILES string of the molecule is CCOC(=O)C(C)Oc1cc(Cl)c(-c2nc3ccccc3c(=O)[nH]2)cc1OC. The molecule has 7 nitrogen and oxygen atoms in total. The van der Waals surface area contributed by atoms with Crippen LogP contribution in [0.2, 0.25) is 5.02 Å². The summed E-state index contributed by atoms with van der Waals surface area (Å²) in [6.07, 6.45) is -0.839. The molecule has 1 aromatic heterocycles. The number of nitrogens with one attached hydrogen (secondary N) is 1. The molecule has 0 spiro atoms. The highest BCUT2D eigenvalue weighted by atomic mass is 35.5. The maximum Gasteiger partial charge on any atom is 0.347 e. The quantitative estimate of drug-likeness (QED) is 0.634. The standard InChI is InChI=1S/C20H19ClN2O5/c1-4-27-20(25)11(2)28-17-10-14(21)13(9-16(17)26-3)18-22-15-8-6-5-7-12(15)19(24)23-18/h5-11H,4H2,1-3H3,(H,22,23,24). The Morgan fingerprint density at radius 2 is 2.00 bits per heavy atom. The van der Waals surface area contributed by atoms with E-state index in [1.54, 1.807) is 44.2 Å². The van der Waals surface area contributed by atoms with Crippen molar-refractivity contribution in [3.63, 3.8) is 0 Å². The van der Waals surface area contributed by atoms with Gasteiger partial charge >= 0.3 is 5.97 Å². The molecule has 0 aliphatic heterocycles.